The molecule has 1 aromatic heterocycles. The number of rotatable bonds is 7. The van der Waals surface area contributed by atoms with Crippen molar-refractivity contribution in [1.29, 1.82) is 0 Å². The van der Waals surface area contributed by atoms with Gasteiger partial charge in [-0.15, -0.1) is 0 Å². The lowest BCUT2D eigenvalue weighted by Gasteiger charge is -2.14. The van der Waals surface area contributed by atoms with E-state index in [0.717, 1.165) is 22.7 Å². The van der Waals surface area contributed by atoms with Gasteiger partial charge in [0.15, 0.2) is 5.43 Å². The molecule has 118 valence electrons. The highest BCUT2D eigenvalue weighted by Crippen LogP contribution is 2.17. The van der Waals surface area contributed by atoms with Crippen LogP contribution in [0, 0.1) is 6.92 Å². The van der Waals surface area contributed by atoms with Gasteiger partial charge in [-0.3, -0.25) is 4.79 Å². The van der Waals surface area contributed by atoms with Gasteiger partial charge in [0, 0.05) is 55.5 Å². The molecule has 0 amide bonds. The van der Waals surface area contributed by atoms with Crippen molar-refractivity contribution in [3.8, 4) is 11.4 Å². The zero-order chi connectivity index (χ0) is 15.9. The van der Waals surface area contributed by atoms with Crippen molar-refractivity contribution in [2.75, 3.05) is 27.4 Å². The predicted octanol–water partition coefficient (Wildman–Crippen LogP) is 1.89. The highest BCUT2D eigenvalue weighted by Gasteiger charge is 2.06. The first-order valence-corrected chi connectivity index (χ1v) is 7.22. The van der Waals surface area contributed by atoms with Crippen molar-refractivity contribution in [2.24, 2.45) is 0 Å². The summed E-state index contributed by atoms with van der Waals surface area (Å²) in [5.41, 5.74) is 2.62. The molecule has 0 saturated carbocycles. The smallest absolute Gasteiger partial charge is 0.186 e. The summed E-state index contributed by atoms with van der Waals surface area (Å²) in [7, 11) is 3.30. The summed E-state index contributed by atoms with van der Waals surface area (Å²) in [6, 6.07) is 9.42. The van der Waals surface area contributed by atoms with E-state index in [1.54, 1.807) is 20.3 Å². The Hall–Kier alpha value is -2.11. The van der Waals surface area contributed by atoms with Crippen molar-refractivity contribution in [3.63, 3.8) is 0 Å². The number of aromatic nitrogens is 1. The summed E-state index contributed by atoms with van der Waals surface area (Å²) in [5, 5.41) is 3.20. The van der Waals surface area contributed by atoms with Crippen molar-refractivity contribution < 1.29 is 9.47 Å². The second-order valence-electron chi connectivity index (χ2n) is 5.05. The van der Waals surface area contributed by atoms with Crippen LogP contribution in [0.25, 0.3) is 5.69 Å². The fourth-order valence-electron chi connectivity index (χ4n) is 2.24. The molecule has 0 aliphatic carbocycles. The van der Waals surface area contributed by atoms with E-state index >= 15 is 0 Å². The first kappa shape index (κ1) is 16.3. The molecule has 2 rings (SSSR count). The number of methoxy groups -OCH3 is 2. The maximum absolute atomic E-state index is 12.1. The van der Waals surface area contributed by atoms with Crippen LogP contribution >= 0.6 is 0 Å². The summed E-state index contributed by atoms with van der Waals surface area (Å²) < 4.78 is 12.2. The van der Waals surface area contributed by atoms with E-state index in [9.17, 15) is 4.79 Å². The standard InChI is InChI=1S/C17H22N2O3/c1-13-9-17(20)14(11-18-7-8-21-2)12-19(13)15-5-4-6-16(10-15)22-3/h4-6,9-10,12,18H,7-8,11H2,1-3H3. The first-order valence-electron chi connectivity index (χ1n) is 7.22. The largest absolute Gasteiger partial charge is 0.497 e. The van der Waals surface area contributed by atoms with Crippen LogP contribution in [0.5, 0.6) is 5.75 Å². The zero-order valence-corrected chi connectivity index (χ0v) is 13.3. The Labute approximate surface area is 130 Å². The number of hydrogen-bond donors (Lipinski definition) is 1. The molecule has 1 aromatic carbocycles. The van der Waals surface area contributed by atoms with E-state index in [1.165, 1.54) is 0 Å². The lowest BCUT2D eigenvalue weighted by Crippen LogP contribution is -2.24. The Morgan fingerprint density at radius 2 is 2.05 bits per heavy atom. The van der Waals surface area contributed by atoms with Crippen LogP contribution in [0.1, 0.15) is 11.3 Å². The summed E-state index contributed by atoms with van der Waals surface area (Å²) in [6.45, 7) is 3.77. The quantitative estimate of drug-likeness (QED) is 0.794. The van der Waals surface area contributed by atoms with Crippen LogP contribution in [-0.4, -0.2) is 31.9 Å². The average molecular weight is 302 g/mol. The third kappa shape index (κ3) is 3.96. The van der Waals surface area contributed by atoms with Crippen molar-refractivity contribution in [2.45, 2.75) is 13.5 Å². The lowest BCUT2D eigenvalue weighted by molar-refractivity contribution is 0.199. The Balaban J connectivity index is 2.29. The van der Waals surface area contributed by atoms with Gasteiger partial charge in [-0.05, 0) is 19.1 Å². The molecular formula is C17H22N2O3. The van der Waals surface area contributed by atoms with Gasteiger partial charge in [0.1, 0.15) is 5.75 Å². The Kier molecular flexibility index (Phi) is 5.75. The third-order valence-electron chi connectivity index (χ3n) is 3.45. The molecule has 0 radical (unpaired) electrons. The minimum absolute atomic E-state index is 0.0431. The predicted molar refractivity (Wildman–Crippen MR) is 86.9 cm³/mol. The van der Waals surface area contributed by atoms with E-state index < -0.39 is 0 Å². The Bertz CT molecular complexity index is 680. The van der Waals surface area contributed by atoms with Gasteiger partial charge in [-0.25, -0.2) is 0 Å². The molecule has 0 fully saturated rings. The van der Waals surface area contributed by atoms with E-state index in [-0.39, 0.29) is 5.43 Å². The molecule has 0 atom stereocenters. The van der Waals surface area contributed by atoms with Gasteiger partial charge in [0.2, 0.25) is 0 Å². The molecule has 1 N–H and O–H groups in total. The molecule has 0 aliphatic heterocycles. The van der Waals surface area contributed by atoms with Gasteiger partial charge in [-0.1, -0.05) is 6.07 Å². The fourth-order valence-corrected chi connectivity index (χ4v) is 2.24. The van der Waals surface area contributed by atoms with Crippen LogP contribution in [-0.2, 0) is 11.3 Å². The molecule has 0 spiro atoms. The Morgan fingerprint density at radius 1 is 1.23 bits per heavy atom. The topological polar surface area (TPSA) is 52.5 Å². The maximum atomic E-state index is 12.1. The minimum Gasteiger partial charge on any atom is -0.497 e. The number of nitrogens with one attached hydrogen (secondary N) is 1. The maximum Gasteiger partial charge on any atom is 0.186 e. The van der Waals surface area contributed by atoms with Gasteiger partial charge >= 0.3 is 0 Å². The van der Waals surface area contributed by atoms with Crippen LogP contribution in [0.15, 0.2) is 41.3 Å². The molecule has 2 aromatic rings. The summed E-state index contributed by atoms with van der Waals surface area (Å²) in [6.07, 6.45) is 1.88. The number of hydrogen-bond acceptors (Lipinski definition) is 4. The molecular weight excluding hydrogens is 280 g/mol. The van der Waals surface area contributed by atoms with E-state index in [1.807, 2.05) is 42.0 Å². The zero-order valence-electron chi connectivity index (χ0n) is 13.3. The monoisotopic (exact) mass is 302 g/mol. The van der Waals surface area contributed by atoms with Crippen molar-refractivity contribution in [3.05, 3.63) is 58.0 Å². The molecule has 0 saturated heterocycles. The number of nitrogens with zero attached hydrogens (tertiary/aromatic N) is 1. The van der Waals surface area contributed by atoms with Crippen LogP contribution in [0.3, 0.4) is 0 Å². The summed E-state index contributed by atoms with van der Waals surface area (Å²) in [5.74, 6) is 0.787. The summed E-state index contributed by atoms with van der Waals surface area (Å²) in [4.78, 5) is 12.1. The van der Waals surface area contributed by atoms with Crippen molar-refractivity contribution >= 4 is 0 Å². The van der Waals surface area contributed by atoms with Gasteiger partial charge in [0.25, 0.3) is 0 Å². The van der Waals surface area contributed by atoms with Gasteiger partial charge in [0.05, 0.1) is 13.7 Å². The van der Waals surface area contributed by atoms with Crippen molar-refractivity contribution in [1.82, 2.24) is 9.88 Å². The molecule has 1 heterocycles. The highest BCUT2D eigenvalue weighted by molar-refractivity contribution is 5.41. The lowest BCUT2D eigenvalue weighted by atomic mass is 10.2. The molecule has 5 nitrogen and oxygen atoms in total. The minimum atomic E-state index is 0.0431. The molecule has 0 unspecified atom stereocenters. The molecule has 5 heteroatoms. The normalized spacial score (nSPS) is 10.7. The SMILES string of the molecule is COCCNCc1cn(-c2cccc(OC)c2)c(C)cc1=O. The third-order valence-corrected chi connectivity index (χ3v) is 3.45. The number of benzene rings is 1. The second-order valence-corrected chi connectivity index (χ2v) is 5.05. The van der Waals surface area contributed by atoms with Gasteiger partial charge in [-0.2, -0.15) is 0 Å². The molecule has 0 aliphatic rings. The number of ether oxygens (including phenoxy) is 2. The van der Waals surface area contributed by atoms with Crippen LogP contribution in [0.4, 0.5) is 0 Å². The van der Waals surface area contributed by atoms with Crippen LogP contribution < -0.4 is 15.5 Å². The number of pyridine rings is 1. The van der Waals surface area contributed by atoms with Gasteiger partial charge < -0.3 is 19.4 Å². The fraction of sp³-hybridized carbons (Fsp3) is 0.353. The summed E-state index contributed by atoms with van der Waals surface area (Å²) >= 11 is 0. The second kappa shape index (κ2) is 7.77. The van der Waals surface area contributed by atoms with E-state index in [2.05, 4.69) is 5.32 Å². The highest BCUT2D eigenvalue weighted by atomic mass is 16.5. The van der Waals surface area contributed by atoms with E-state index in [0.29, 0.717) is 19.7 Å². The molecule has 0 bridgehead atoms. The Morgan fingerprint density at radius 3 is 2.77 bits per heavy atom. The first-order chi connectivity index (χ1) is 10.7. The average Bonchev–Trinajstić information content (AvgIpc) is 2.53. The van der Waals surface area contributed by atoms with E-state index in [4.69, 9.17) is 9.47 Å². The number of aryl methyl sites for hydroxylation is 1. The van der Waals surface area contributed by atoms with Crippen LogP contribution in [0.2, 0.25) is 0 Å². The molecule has 22 heavy (non-hydrogen) atoms.